The van der Waals surface area contributed by atoms with Gasteiger partial charge < -0.3 is 5.11 Å². The molecule has 0 saturated heterocycles. The van der Waals surface area contributed by atoms with E-state index in [0.717, 1.165) is 35.3 Å². The highest BCUT2D eigenvalue weighted by molar-refractivity contribution is 5.89. The Morgan fingerprint density at radius 3 is 2.38 bits per heavy atom. The molecule has 0 bridgehead atoms. The lowest BCUT2D eigenvalue weighted by atomic mass is 10.0. The van der Waals surface area contributed by atoms with Gasteiger partial charge in [0, 0.05) is 12.1 Å². The molecule has 2 aromatic rings. The molecule has 0 amide bonds. The molecule has 0 atom stereocenters. The van der Waals surface area contributed by atoms with Crippen molar-refractivity contribution in [2.45, 2.75) is 45.4 Å². The van der Waals surface area contributed by atoms with Crippen LogP contribution in [0.4, 0.5) is 0 Å². The third-order valence-electron chi connectivity index (χ3n) is 4.19. The standard InChI is InChI=1S/C17H20N2O2/c1-11-7-12(2)9-14(8-11)19-10-15(17(20)21)16(18-19)13-5-3-4-6-13/h7-10,13H,3-6H2,1-2H3,(H,20,21). The van der Waals surface area contributed by atoms with Crippen molar-refractivity contribution in [3.05, 3.63) is 46.8 Å². The first-order chi connectivity index (χ1) is 10.0. The summed E-state index contributed by atoms with van der Waals surface area (Å²) in [5.41, 5.74) is 4.33. The van der Waals surface area contributed by atoms with Crippen LogP contribution in [0, 0.1) is 13.8 Å². The number of aryl methyl sites for hydroxylation is 2. The molecule has 1 aliphatic rings. The normalized spacial score (nSPS) is 15.5. The van der Waals surface area contributed by atoms with Crippen molar-refractivity contribution in [2.75, 3.05) is 0 Å². The number of rotatable bonds is 3. The largest absolute Gasteiger partial charge is 0.478 e. The van der Waals surface area contributed by atoms with Crippen LogP contribution in [0.1, 0.15) is 58.8 Å². The highest BCUT2D eigenvalue weighted by Crippen LogP contribution is 2.35. The minimum absolute atomic E-state index is 0.295. The Morgan fingerprint density at radius 1 is 1.19 bits per heavy atom. The van der Waals surface area contributed by atoms with Crippen molar-refractivity contribution >= 4 is 5.97 Å². The number of hydrogen-bond acceptors (Lipinski definition) is 2. The van der Waals surface area contributed by atoms with E-state index in [1.54, 1.807) is 10.9 Å². The minimum atomic E-state index is -0.882. The molecule has 0 spiro atoms. The Bertz CT molecular complexity index is 662. The van der Waals surface area contributed by atoms with Gasteiger partial charge in [0.15, 0.2) is 0 Å². The molecule has 3 rings (SSSR count). The van der Waals surface area contributed by atoms with Crippen LogP contribution < -0.4 is 0 Å². The zero-order valence-electron chi connectivity index (χ0n) is 12.5. The molecule has 4 heteroatoms. The van der Waals surface area contributed by atoms with Crippen molar-refractivity contribution < 1.29 is 9.90 Å². The number of aromatic nitrogens is 2. The Kier molecular flexibility index (Phi) is 3.53. The maximum atomic E-state index is 11.5. The van der Waals surface area contributed by atoms with Gasteiger partial charge in [-0.2, -0.15) is 5.10 Å². The molecule has 1 heterocycles. The summed E-state index contributed by atoms with van der Waals surface area (Å²) in [6.07, 6.45) is 6.08. The van der Waals surface area contributed by atoms with Gasteiger partial charge >= 0.3 is 5.97 Å². The highest BCUT2D eigenvalue weighted by Gasteiger charge is 2.26. The summed E-state index contributed by atoms with van der Waals surface area (Å²) >= 11 is 0. The van der Waals surface area contributed by atoms with E-state index in [1.165, 1.54) is 12.8 Å². The average Bonchev–Trinajstić information content (AvgIpc) is 3.06. The zero-order chi connectivity index (χ0) is 15.0. The van der Waals surface area contributed by atoms with E-state index >= 15 is 0 Å². The molecule has 0 aliphatic heterocycles. The Balaban J connectivity index is 2.07. The van der Waals surface area contributed by atoms with Crippen molar-refractivity contribution in [3.63, 3.8) is 0 Å². The van der Waals surface area contributed by atoms with Crippen LogP contribution in [0.25, 0.3) is 5.69 Å². The van der Waals surface area contributed by atoms with Gasteiger partial charge in [-0.3, -0.25) is 0 Å². The topological polar surface area (TPSA) is 55.1 Å². The summed E-state index contributed by atoms with van der Waals surface area (Å²) in [5, 5.41) is 14.0. The van der Waals surface area contributed by atoms with E-state index in [2.05, 4.69) is 11.2 Å². The fourth-order valence-electron chi connectivity index (χ4n) is 3.27. The molecule has 1 fully saturated rings. The second kappa shape index (κ2) is 5.35. The van der Waals surface area contributed by atoms with Gasteiger partial charge in [0.05, 0.1) is 11.4 Å². The summed E-state index contributed by atoms with van der Waals surface area (Å²) in [6.45, 7) is 4.08. The van der Waals surface area contributed by atoms with Gasteiger partial charge in [-0.15, -0.1) is 0 Å². The monoisotopic (exact) mass is 284 g/mol. The molecule has 0 radical (unpaired) electrons. The summed E-state index contributed by atoms with van der Waals surface area (Å²) in [7, 11) is 0. The quantitative estimate of drug-likeness (QED) is 0.931. The lowest BCUT2D eigenvalue weighted by Crippen LogP contribution is -2.03. The van der Waals surface area contributed by atoms with Crippen LogP contribution in [-0.2, 0) is 0 Å². The van der Waals surface area contributed by atoms with E-state index in [9.17, 15) is 9.90 Å². The number of benzene rings is 1. The number of hydrogen-bond donors (Lipinski definition) is 1. The third kappa shape index (κ3) is 2.71. The summed E-state index contributed by atoms with van der Waals surface area (Å²) < 4.78 is 1.72. The Hall–Kier alpha value is -2.10. The average molecular weight is 284 g/mol. The second-order valence-corrected chi connectivity index (χ2v) is 6.01. The second-order valence-electron chi connectivity index (χ2n) is 6.01. The lowest BCUT2D eigenvalue weighted by molar-refractivity contribution is 0.0695. The first-order valence-corrected chi connectivity index (χ1v) is 7.46. The van der Waals surface area contributed by atoms with Crippen LogP contribution in [0.15, 0.2) is 24.4 Å². The fraction of sp³-hybridized carbons (Fsp3) is 0.412. The van der Waals surface area contributed by atoms with Gasteiger partial charge in [-0.25, -0.2) is 9.48 Å². The van der Waals surface area contributed by atoms with Gasteiger partial charge in [0.25, 0.3) is 0 Å². The SMILES string of the molecule is Cc1cc(C)cc(-n2cc(C(=O)O)c(C3CCCC3)n2)c1. The molecule has 110 valence electrons. The van der Waals surface area contributed by atoms with Gasteiger partial charge in [0.1, 0.15) is 5.56 Å². The van der Waals surface area contributed by atoms with Crippen LogP contribution >= 0.6 is 0 Å². The van der Waals surface area contributed by atoms with Crippen LogP contribution in [0.3, 0.4) is 0 Å². The number of nitrogens with zero attached hydrogens (tertiary/aromatic N) is 2. The molecule has 4 nitrogen and oxygen atoms in total. The van der Waals surface area contributed by atoms with E-state index in [1.807, 2.05) is 26.0 Å². The summed E-state index contributed by atoms with van der Waals surface area (Å²) in [4.78, 5) is 11.5. The highest BCUT2D eigenvalue weighted by atomic mass is 16.4. The minimum Gasteiger partial charge on any atom is -0.478 e. The third-order valence-corrected chi connectivity index (χ3v) is 4.19. The summed E-state index contributed by atoms with van der Waals surface area (Å²) in [5.74, 6) is -0.587. The smallest absolute Gasteiger partial charge is 0.339 e. The van der Waals surface area contributed by atoms with Gasteiger partial charge in [-0.05, 0) is 49.9 Å². The first kappa shape index (κ1) is 13.9. The lowest BCUT2D eigenvalue weighted by Gasteiger charge is -2.07. The Morgan fingerprint density at radius 2 is 1.81 bits per heavy atom. The van der Waals surface area contributed by atoms with Crippen LogP contribution in [-0.4, -0.2) is 20.9 Å². The first-order valence-electron chi connectivity index (χ1n) is 7.46. The molecule has 1 saturated carbocycles. The van der Waals surface area contributed by atoms with Crippen LogP contribution in [0.5, 0.6) is 0 Å². The van der Waals surface area contributed by atoms with Crippen molar-refractivity contribution in [1.82, 2.24) is 9.78 Å². The molecular formula is C17H20N2O2. The van der Waals surface area contributed by atoms with Crippen LogP contribution in [0.2, 0.25) is 0 Å². The molecule has 1 aliphatic carbocycles. The Labute approximate surface area is 124 Å². The molecule has 1 N–H and O–H groups in total. The maximum absolute atomic E-state index is 11.5. The van der Waals surface area contributed by atoms with Crippen molar-refractivity contribution in [1.29, 1.82) is 0 Å². The molecule has 21 heavy (non-hydrogen) atoms. The molecular weight excluding hydrogens is 264 g/mol. The molecule has 1 aromatic heterocycles. The van der Waals surface area contributed by atoms with E-state index in [4.69, 9.17) is 0 Å². The van der Waals surface area contributed by atoms with Gasteiger partial charge in [0.2, 0.25) is 0 Å². The number of carboxylic acids is 1. The number of aromatic carboxylic acids is 1. The fourth-order valence-corrected chi connectivity index (χ4v) is 3.27. The van der Waals surface area contributed by atoms with Crippen molar-refractivity contribution in [3.8, 4) is 5.69 Å². The maximum Gasteiger partial charge on any atom is 0.339 e. The van der Waals surface area contributed by atoms with E-state index < -0.39 is 5.97 Å². The van der Waals surface area contributed by atoms with E-state index in [-0.39, 0.29) is 0 Å². The van der Waals surface area contributed by atoms with Gasteiger partial charge in [-0.1, -0.05) is 18.9 Å². The molecule has 1 aromatic carbocycles. The van der Waals surface area contributed by atoms with E-state index in [0.29, 0.717) is 11.5 Å². The number of carboxylic acid groups (broad SMARTS) is 1. The summed E-state index contributed by atoms with van der Waals surface area (Å²) in [6, 6.07) is 6.16. The molecule has 0 unspecified atom stereocenters. The predicted molar refractivity (Wildman–Crippen MR) is 81.2 cm³/mol. The number of carbonyl (C=O) groups is 1. The van der Waals surface area contributed by atoms with Crippen molar-refractivity contribution in [2.24, 2.45) is 0 Å². The zero-order valence-corrected chi connectivity index (χ0v) is 12.5. The predicted octanol–water partition coefficient (Wildman–Crippen LogP) is 3.84.